The average molecular weight is 604 g/mol. The Hall–Kier alpha value is -4.90. The van der Waals surface area contributed by atoms with Crippen molar-refractivity contribution in [2.24, 2.45) is 5.73 Å². The Kier molecular flexibility index (Phi) is 12.1. The number of nitrogens with two attached hydrogens (primary N) is 1. The van der Waals surface area contributed by atoms with Crippen molar-refractivity contribution in [1.82, 2.24) is 5.32 Å². The minimum atomic E-state index is -0.974. The first-order valence-electron chi connectivity index (χ1n) is 13.4. The molecule has 0 heterocycles. The van der Waals surface area contributed by atoms with E-state index < -0.39 is 29.9 Å². The molecule has 0 aliphatic rings. The fourth-order valence-electron chi connectivity index (χ4n) is 3.73. The SMILES string of the molecule is CCOC(=O)c1ccccc1SC[C@@H](NC(=O)C(C)=Cc1ccc(C(=O)Oc2ccc(C(=N)N)cc2)cc1)C(=O)OCC. The number of benzene rings is 3. The second-order valence-corrected chi connectivity index (χ2v) is 10.1. The molecule has 0 aromatic heterocycles. The summed E-state index contributed by atoms with van der Waals surface area (Å²) in [6.45, 7) is 5.37. The predicted octanol–water partition coefficient (Wildman–Crippen LogP) is 4.61. The molecule has 43 heavy (non-hydrogen) atoms. The first kappa shape index (κ1) is 32.6. The molecule has 0 bridgehead atoms. The number of amides is 1. The van der Waals surface area contributed by atoms with Crippen molar-refractivity contribution in [3.63, 3.8) is 0 Å². The van der Waals surface area contributed by atoms with Gasteiger partial charge >= 0.3 is 17.9 Å². The number of thioether (sulfide) groups is 1. The van der Waals surface area contributed by atoms with E-state index in [0.717, 1.165) is 0 Å². The number of carbonyl (C=O) groups is 4. The van der Waals surface area contributed by atoms with Crippen molar-refractivity contribution in [1.29, 1.82) is 5.41 Å². The highest BCUT2D eigenvalue weighted by molar-refractivity contribution is 7.99. The smallest absolute Gasteiger partial charge is 0.343 e. The molecule has 3 aromatic carbocycles. The Balaban J connectivity index is 1.66. The van der Waals surface area contributed by atoms with Crippen LogP contribution in [0, 0.1) is 5.41 Å². The lowest BCUT2D eigenvalue weighted by molar-refractivity contribution is -0.146. The zero-order valence-corrected chi connectivity index (χ0v) is 24.9. The van der Waals surface area contributed by atoms with Gasteiger partial charge in [-0.25, -0.2) is 14.4 Å². The molecule has 0 radical (unpaired) electrons. The molecule has 0 aliphatic heterocycles. The highest BCUT2D eigenvalue weighted by Gasteiger charge is 2.24. The largest absolute Gasteiger partial charge is 0.464 e. The topological polar surface area (TPSA) is 158 Å². The molecular formula is C32H33N3O7S. The van der Waals surface area contributed by atoms with Gasteiger partial charge < -0.3 is 25.3 Å². The summed E-state index contributed by atoms with van der Waals surface area (Å²) in [4.78, 5) is 51.1. The zero-order chi connectivity index (χ0) is 31.4. The van der Waals surface area contributed by atoms with Gasteiger partial charge in [0.05, 0.1) is 24.3 Å². The lowest BCUT2D eigenvalue weighted by atomic mass is 10.1. The molecule has 0 unspecified atom stereocenters. The molecule has 0 saturated heterocycles. The van der Waals surface area contributed by atoms with E-state index in [1.54, 1.807) is 99.6 Å². The van der Waals surface area contributed by atoms with Gasteiger partial charge in [-0.15, -0.1) is 11.8 Å². The molecule has 10 nitrogen and oxygen atoms in total. The average Bonchev–Trinajstić information content (AvgIpc) is 3.00. The standard InChI is InChI=1S/C32H33N3O7S/c1-4-40-31(38)25-8-6-7-9-27(25)43-19-26(32(39)41-5-2)35-29(36)20(3)18-21-10-12-23(13-11-21)30(37)42-24-16-14-22(15-17-24)28(33)34/h6-18,26H,4-5,19H2,1-3H3,(H3,33,34)(H,35,36)/t26-/m1/s1. The van der Waals surface area contributed by atoms with Crippen molar-refractivity contribution in [3.8, 4) is 5.75 Å². The predicted molar refractivity (Wildman–Crippen MR) is 164 cm³/mol. The van der Waals surface area contributed by atoms with E-state index in [9.17, 15) is 19.2 Å². The first-order chi connectivity index (χ1) is 20.6. The van der Waals surface area contributed by atoms with Crippen LogP contribution in [-0.2, 0) is 19.1 Å². The van der Waals surface area contributed by atoms with Crippen LogP contribution in [0.25, 0.3) is 6.08 Å². The number of ether oxygens (including phenoxy) is 3. The number of rotatable bonds is 13. The number of esters is 3. The van der Waals surface area contributed by atoms with Gasteiger partial charge in [-0.2, -0.15) is 0 Å². The summed E-state index contributed by atoms with van der Waals surface area (Å²) < 4.78 is 15.6. The van der Waals surface area contributed by atoms with E-state index in [2.05, 4.69) is 5.32 Å². The number of hydrogen-bond donors (Lipinski definition) is 3. The number of nitrogens with one attached hydrogen (secondary N) is 2. The van der Waals surface area contributed by atoms with Gasteiger partial charge in [0, 0.05) is 21.8 Å². The number of hydrogen-bond acceptors (Lipinski definition) is 9. The summed E-state index contributed by atoms with van der Waals surface area (Å²) in [6, 6.07) is 18.6. The van der Waals surface area contributed by atoms with Crippen molar-refractivity contribution in [3.05, 3.63) is 101 Å². The normalized spacial score (nSPS) is 11.7. The third-order valence-electron chi connectivity index (χ3n) is 5.93. The zero-order valence-electron chi connectivity index (χ0n) is 24.0. The highest BCUT2D eigenvalue weighted by Crippen LogP contribution is 2.25. The van der Waals surface area contributed by atoms with E-state index in [0.29, 0.717) is 38.5 Å². The number of amidine groups is 1. The van der Waals surface area contributed by atoms with E-state index in [-0.39, 0.29) is 24.8 Å². The molecule has 0 spiro atoms. The van der Waals surface area contributed by atoms with Gasteiger partial charge in [-0.1, -0.05) is 24.3 Å². The lowest BCUT2D eigenvalue weighted by Gasteiger charge is -2.18. The lowest BCUT2D eigenvalue weighted by Crippen LogP contribution is -2.44. The Bertz CT molecular complexity index is 1500. The summed E-state index contributed by atoms with van der Waals surface area (Å²) in [5, 5.41) is 10.2. The first-order valence-corrected chi connectivity index (χ1v) is 14.4. The number of carbonyl (C=O) groups excluding carboxylic acids is 4. The summed E-state index contributed by atoms with van der Waals surface area (Å²) in [7, 11) is 0. The van der Waals surface area contributed by atoms with Crippen LogP contribution in [0.4, 0.5) is 0 Å². The molecule has 0 aliphatic carbocycles. The molecule has 0 fully saturated rings. The Morgan fingerprint density at radius 2 is 1.51 bits per heavy atom. The van der Waals surface area contributed by atoms with Gasteiger partial charge in [-0.3, -0.25) is 10.2 Å². The van der Waals surface area contributed by atoms with Crippen LogP contribution in [0.3, 0.4) is 0 Å². The summed E-state index contributed by atoms with van der Waals surface area (Å²) in [6.07, 6.45) is 1.62. The minimum absolute atomic E-state index is 0.0856. The summed E-state index contributed by atoms with van der Waals surface area (Å²) in [5.41, 5.74) is 7.61. The van der Waals surface area contributed by atoms with E-state index in [1.165, 1.54) is 11.8 Å². The van der Waals surface area contributed by atoms with Crippen molar-refractivity contribution < 1.29 is 33.4 Å². The van der Waals surface area contributed by atoms with Crippen molar-refractivity contribution >= 4 is 47.5 Å². The molecule has 224 valence electrons. The van der Waals surface area contributed by atoms with Gasteiger partial charge in [0.1, 0.15) is 17.6 Å². The van der Waals surface area contributed by atoms with Crippen molar-refractivity contribution in [2.75, 3.05) is 19.0 Å². The Morgan fingerprint density at radius 1 is 0.884 bits per heavy atom. The molecule has 1 amide bonds. The van der Waals surface area contributed by atoms with E-state index in [4.69, 9.17) is 25.4 Å². The Labute approximate surface area is 254 Å². The van der Waals surface area contributed by atoms with Gasteiger partial charge in [-0.05, 0) is 80.9 Å². The highest BCUT2D eigenvalue weighted by atomic mass is 32.2. The third kappa shape index (κ3) is 9.57. The second kappa shape index (κ2) is 15.9. The molecule has 3 aromatic rings. The minimum Gasteiger partial charge on any atom is -0.464 e. The quantitative estimate of drug-likeness (QED) is 0.0634. The van der Waals surface area contributed by atoms with Crippen LogP contribution < -0.4 is 15.8 Å². The molecule has 0 saturated carbocycles. The van der Waals surface area contributed by atoms with Crippen LogP contribution in [0.5, 0.6) is 5.75 Å². The molecule has 4 N–H and O–H groups in total. The van der Waals surface area contributed by atoms with Gasteiger partial charge in [0.15, 0.2) is 0 Å². The van der Waals surface area contributed by atoms with Crippen LogP contribution in [0.15, 0.2) is 83.3 Å². The molecule has 3 rings (SSSR count). The third-order valence-corrected chi connectivity index (χ3v) is 7.09. The fraction of sp³-hybridized carbons (Fsp3) is 0.219. The fourth-order valence-corrected chi connectivity index (χ4v) is 4.77. The van der Waals surface area contributed by atoms with Crippen LogP contribution in [0.1, 0.15) is 52.6 Å². The Morgan fingerprint density at radius 3 is 2.14 bits per heavy atom. The van der Waals surface area contributed by atoms with E-state index >= 15 is 0 Å². The molecule has 11 heteroatoms. The van der Waals surface area contributed by atoms with Crippen LogP contribution in [0.2, 0.25) is 0 Å². The van der Waals surface area contributed by atoms with Crippen molar-refractivity contribution in [2.45, 2.75) is 31.7 Å². The number of nitrogen functional groups attached to an aromatic ring is 1. The maximum absolute atomic E-state index is 13.0. The summed E-state index contributed by atoms with van der Waals surface area (Å²) >= 11 is 1.23. The van der Waals surface area contributed by atoms with Gasteiger partial charge in [0.2, 0.25) is 5.91 Å². The van der Waals surface area contributed by atoms with Crippen LogP contribution >= 0.6 is 11.8 Å². The maximum Gasteiger partial charge on any atom is 0.343 e. The monoisotopic (exact) mass is 603 g/mol. The van der Waals surface area contributed by atoms with Gasteiger partial charge in [0.25, 0.3) is 0 Å². The maximum atomic E-state index is 13.0. The molecular weight excluding hydrogens is 570 g/mol. The van der Waals surface area contributed by atoms with E-state index in [1.807, 2.05) is 0 Å². The van der Waals surface area contributed by atoms with Crippen LogP contribution in [-0.4, -0.2) is 54.7 Å². The second-order valence-electron chi connectivity index (χ2n) is 9.08. The summed E-state index contributed by atoms with van der Waals surface area (Å²) in [5.74, 6) is -1.76. The molecule has 1 atom stereocenters.